The molecule has 1 aromatic heterocycles. The summed E-state index contributed by atoms with van der Waals surface area (Å²) < 4.78 is 11.3. The van der Waals surface area contributed by atoms with Crippen LogP contribution in [0.3, 0.4) is 0 Å². The summed E-state index contributed by atoms with van der Waals surface area (Å²) in [5, 5.41) is 18.9. The van der Waals surface area contributed by atoms with Gasteiger partial charge in [-0.05, 0) is 61.2 Å². The van der Waals surface area contributed by atoms with Gasteiger partial charge in [-0.25, -0.2) is 5.43 Å². The molecule has 0 atom stereocenters. The van der Waals surface area contributed by atoms with Crippen LogP contribution in [0, 0.1) is 10.1 Å². The van der Waals surface area contributed by atoms with Gasteiger partial charge in [0.05, 0.1) is 23.8 Å². The molecule has 12 nitrogen and oxygen atoms in total. The van der Waals surface area contributed by atoms with Crippen LogP contribution in [0.1, 0.15) is 30.4 Å². The van der Waals surface area contributed by atoms with E-state index in [-0.39, 0.29) is 12.3 Å². The molecule has 1 aliphatic heterocycles. The number of rotatable bonds is 11. The maximum Gasteiger partial charge on any atom is 0.276 e. The van der Waals surface area contributed by atoms with Gasteiger partial charge in [0.25, 0.3) is 5.69 Å². The number of hydrogen-bond donors (Lipinski definition) is 2. The first-order chi connectivity index (χ1) is 20.1. The number of hydrogen-bond acceptors (Lipinski definition) is 11. The van der Waals surface area contributed by atoms with Crippen molar-refractivity contribution >= 4 is 35.4 Å². The van der Waals surface area contributed by atoms with E-state index in [0.717, 1.165) is 37.2 Å². The molecule has 1 saturated heterocycles. The summed E-state index contributed by atoms with van der Waals surface area (Å²) in [4.78, 5) is 26.8. The summed E-state index contributed by atoms with van der Waals surface area (Å²) >= 11 is 0. The summed E-state index contributed by atoms with van der Waals surface area (Å²) in [5.41, 5.74) is 5.00. The van der Waals surface area contributed by atoms with Gasteiger partial charge in [-0.2, -0.15) is 20.1 Å². The van der Waals surface area contributed by atoms with Gasteiger partial charge in [-0.1, -0.05) is 30.3 Å². The van der Waals surface area contributed by atoms with Crippen LogP contribution in [-0.4, -0.2) is 46.3 Å². The van der Waals surface area contributed by atoms with Gasteiger partial charge in [0.15, 0.2) is 11.5 Å². The highest BCUT2D eigenvalue weighted by molar-refractivity contribution is 5.81. The third kappa shape index (κ3) is 7.24. The van der Waals surface area contributed by atoms with E-state index in [9.17, 15) is 10.1 Å². The lowest BCUT2D eigenvalue weighted by molar-refractivity contribution is -0.385. The van der Waals surface area contributed by atoms with Gasteiger partial charge in [-0.3, -0.25) is 10.1 Å². The Morgan fingerprint density at radius 2 is 1.71 bits per heavy atom. The molecule has 1 aliphatic rings. The number of piperidine rings is 1. The van der Waals surface area contributed by atoms with E-state index in [1.54, 1.807) is 42.6 Å². The second-order valence-corrected chi connectivity index (χ2v) is 9.28. The van der Waals surface area contributed by atoms with Crippen molar-refractivity contribution in [1.29, 1.82) is 0 Å². The third-order valence-corrected chi connectivity index (χ3v) is 6.43. The van der Waals surface area contributed by atoms with E-state index in [2.05, 4.69) is 35.7 Å². The van der Waals surface area contributed by atoms with E-state index < -0.39 is 4.92 Å². The highest BCUT2D eigenvalue weighted by Gasteiger charge is 2.17. The zero-order chi connectivity index (χ0) is 28.4. The molecular formula is C29H30N8O4. The van der Waals surface area contributed by atoms with Crippen molar-refractivity contribution in [2.45, 2.75) is 25.9 Å². The lowest BCUT2D eigenvalue weighted by atomic mass is 10.1. The molecule has 12 heteroatoms. The largest absolute Gasteiger partial charge is 0.493 e. The van der Waals surface area contributed by atoms with Gasteiger partial charge < -0.3 is 19.7 Å². The molecule has 5 rings (SSSR count). The second kappa shape index (κ2) is 13.2. The standard InChI is InChI=1S/C29H30N8O4/c1-40-26-18-21(14-15-25(26)41-20-22-10-6-7-13-24(22)37(38)39)19-30-35-28-32-27(31-23-11-4-2-5-12-23)33-29(34-28)36-16-8-3-9-17-36/h2,4-7,10-15,18-19H,3,8-9,16-17,20H2,1H3,(H2,31,32,33,34,35). The van der Waals surface area contributed by atoms with Crippen LogP contribution in [0.25, 0.3) is 0 Å². The number of hydrazone groups is 1. The van der Waals surface area contributed by atoms with Crippen molar-refractivity contribution in [2.24, 2.45) is 5.10 Å². The minimum absolute atomic E-state index is 0.00481. The predicted molar refractivity (Wildman–Crippen MR) is 157 cm³/mol. The molecule has 2 N–H and O–H groups in total. The van der Waals surface area contributed by atoms with Crippen molar-refractivity contribution < 1.29 is 14.4 Å². The lowest BCUT2D eigenvalue weighted by Crippen LogP contribution is -2.31. The zero-order valence-electron chi connectivity index (χ0n) is 22.6. The summed E-state index contributed by atoms with van der Waals surface area (Å²) in [6.07, 6.45) is 5.00. The molecule has 0 bridgehead atoms. The minimum atomic E-state index is -0.425. The molecule has 0 unspecified atom stereocenters. The van der Waals surface area contributed by atoms with Crippen molar-refractivity contribution in [3.05, 3.63) is 94.0 Å². The molecule has 0 aliphatic carbocycles. The Morgan fingerprint density at radius 1 is 0.951 bits per heavy atom. The number of ether oxygens (including phenoxy) is 2. The van der Waals surface area contributed by atoms with E-state index >= 15 is 0 Å². The highest BCUT2D eigenvalue weighted by Crippen LogP contribution is 2.29. The average molecular weight is 555 g/mol. The number of nitrogens with one attached hydrogen (secondary N) is 2. The van der Waals surface area contributed by atoms with Crippen LogP contribution in [0.5, 0.6) is 11.5 Å². The van der Waals surface area contributed by atoms with Crippen molar-refractivity contribution in [2.75, 3.05) is 35.8 Å². The minimum Gasteiger partial charge on any atom is -0.493 e. The van der Waals surface area contributed by atoms with Gasteiger partial charge in [0.1, 0.15) is 6.61 Å². The Labute approximate surface area is 237 Å². The van der Waals surface area contributed by atoms with E-state index in [1.807, 2.05) is 30.3 Å². The number of nitro benzene ring substituents is 1. The maximum atomic E-state index is 11.3. The first-order valence-electron chi connectivity index (χ1n) is 13.2. The van der Waals surface area contributed by atoms with E-state index in [4.69, 9.17) is 9.47 Å². The number of benzene rings is 3. The maximum absolute atomic E-state index is 11.3. The van der Waals surface area contributed by atoms with Crippen molar-refractivity contribution in [1.82, 2.24) is 15.0 Å². The summed E-state index contributed by atoms with van der Waals surface area (Å²) in [7, 11) is 1.53. The van der Waals surface area contributed by atoms with Crippen LogP contribution in [0.15, 0.2) is 77.9 Å². The zero-order valence-corrected chi connectivity index (χ0v) is 22.6. The van der Waals surface area contributed by atoms with Gasteiger partial charge in [-0.15, -0.1) is 0 Å². The predicted octanol–water partition coefficient (Wildman–Crippen LogP) is 5.55. The van der Waals surface area contributed by atoms with Crippen LogP contribution >= 0.6 is 0 Å². The van der Waals surface area contributed by atoms with Crippen molar-refractivity contribution in [3.8, 4) is 11.5 Å². The lowest BCUT2D eigenvalue weighted by Gasteiger charge is -2.26. The Hall–Kier alpha value is -5.26. The average Bonchev–Trinajstić information content (AvgIpc) is 3.01. The molecule has 210 valence electrons. The van der Waals surface area contributed by atoms with Crippen LogP contribution < -0.4 is 25.1 Å². The van der Waals surface area contributed by atoms with Crippen LogP contribution in [-0.2, 0) is 6.61 Å². The number of para-hydroxylation sites is 2. The molecule has 3 aromatic carbocycles. The highest BCUT2D eigenvalue weighted by atomic mass is 16.6. The summed E-state index contributed by atoms with van der Waals surface area (Å²) in [6, 6.07) is 21.5. The fraction of sp³-hybridized carbons (Fsp3) is 0.241. The van der Waals surface area contributed by atoms with Crippen LogP contribution in [0.2, 0.25) is 0 Å². The number of aromatic nitrogens is 3. The van der Waals surface area contributed by atoms with Crippen LogP contribution in [0.4, 0.5) is 29.2 Å². The molecule has 0 radical (unpaired) electrons. The molecule has 4 aromatic rings. The van der Waals surface area contributed by atoms with Gasteiger partial charge in [0.2, 0.25) is 17.8 Å². The number of nitro groups is 1. The number of nitrogens with zero attached hydrogens (tertiary/aromatic N) is 6. The fourth-order valence-electron chi connectivity index (χ4n) is 4.37. The molecule has 0 saturated carbocycles. The quantitative estimate of drug-likeness (QED) is 0.138. The molecule has 1 fully saturated rings. The molecule has 2 heterocycles. The monoisotopic (exact) mass is 554 g/mol. The molecule has 0 spiro atoms. The number of methoxy groups -OCH3 is 1. The first kappa shape index (κ1) is 27.3. The smallest absolute Gasteiger partial charge is 0.276 e. The van der Waals surface area contributed by atoms with Crippen molar-refractivity contribution in [3.63, 3.8) is 0 Å². The first-order valence-corrected chi connectivity index (χ1v) is 13.2. The topological polar surface area (TPSA) is 140 Å². The Balaban J connectivity index is 1.29. The SMILES string of the molecule is COc1cc(C=NNc2nc(Nc3ccccc3)nc(N3CCCCC3)n2)ccc1OCc1ccccc1[N+](=O)[O-]. The molecule has 41 heavy (non-hydrogen) atoms. The van der Waals surface area contributed by atoms with Gasteiger partial charge in [0, 0.05) is 24.8 Å². The third-order valence-electron chi connectivity index (χ3n) is 6.43. The fourth-order valence-corrected chi connectivity index (χ4v) is 4.37. The molecular weight excluding hydrogens is 524 g/mol. The summed E-state index contributed by atoms with van der Waals surface area (Å²) in [6.45, 7) is 1.81. The normalized spacial score (nSPS) is 13.1. The molecule has 0 amide bonds. The Kier molecular flexibility index (Phi) is 8.79. The second-order valence-electron chi connectivity index (χ2n) is 9.28. The van der Waals surface area contributed by atoms with E-state index in [0.29, 0.717) is 34.9 Å². The summed E-state index contributed by atoms with van der Waals surface area (Å²) in [5.74, 6) is 2.25. The Bertz CT molecular complexity index is 1510. The van der Waals surface area contributed by atoms with E-state index in [1.165, 1.54) is 19.6 Å². The Morgan fingerprint density at radius 3 is 2.49 bits per heavy atom. The van der Waals surface area contributed by atoms with Gasteiger partial charge >= 0.3 is 0 Å². The number of anilines is 4.